The molecule has 0 fully saturated rings. The van der Waals surface area contributed by atoms with Gasteiger partial charge in [0.2, 0.25) is 0 Å². The zero-order valence-corrected chi connectivity index (χ0v) is 16.9. The van der Waals surface area contributed by atoms with Gasteiger partial charge >= 0.3 is 12.7 Å². The number of aliphatic imine (C=N–C) groups is 1. The van der Waals surface area contributed by atoms with Crippen LogP contribution < -0.4 is 20.7 Å². The first kappa shape index (κ1) is 23.5. The molecule has 0 saturated heterocycles. The number of guanidine groups is 1. The number of nitrogens with one attached hydrogen (secondary N) is 3. The number of hydrogen-bond acceptors (Lipinski definition) is 4. The summed E-state index contributed by atoms with van der Waals surface area (Å²) < 4.78 is 34.6. The predicted molar refractivity (Wildman–Crippen MR) is 105 cm³/mol. The van der Waals surface area contributed by atoms with Crippen LogP contribution >= 0.6 is 0 Å². The van der Waals surface area contributed by atoms with Gasteiger partial charge in [0.15, 0.2) is 5.96 Å². The van der Waals surface area contributed by atoms with Crippen molar-refractivity contribution in [2.75, 3.05) is 19.6 Å². The van der Waals surface area contributed by atoms with Crippen molar-refractivity contribution in [3.05, 3.63) is 29.8 Å². The maximum absolute atomic E-state index is 12.5. The summed E-state index contributed by atoms with van der Waals surface area (Å²) in [6.07, 6.45) is 0.207. The summed E-state index contributed by atoms with van der Waals surface area (Å²) >= 11 is 0. The van der Waals surface area contributed by atoms with Gasteiger partial charge in [-0.05, 0) is 40.2 Å². The molecule has 1 amide bonds. The van der Waals surface area contributed by atoms with Gasteiger partial charge in [-0.25, -0.2) is 9.79 Å². The van der Waals surface area contributed by atoms with Gasteiger partial charge in [0.1, 0.15) is 11.4 Å². The molecule has 28 heavy (non-hydrogen) atoms. The Balaban J connectivity index is 2.47. The Labute approximate surface area is 164 Å². The van der Waals surface area contributed by atoms with Gasteiger partial charge < -0.3 is 25.4 Å². The number of para-hydroxylation sites is 1. The molecule has 0 saturated carbocycles. The van der Waals surface area contributed by atoms with Crippen LogP contribution in [0.15, 0.2) is 29.3 Å². The molecule has 0 radical (unpaired) electrons. The normalized spacial score (nSPS) is 11.9. The average molecular weight is 400 g/mol. The molecule has 0 aliphatic carbocycles. The second-order valence-electron chi connectivity index (χ2n) is 6.89. The number of benzene rings is 1. The standard InChI is InChI=1S/C19H30F2N4O3/c1-5-22-17(23-11-8-12-24-18(26)28-19(2,3)4)25-13-14-9-6-7-10-15(14)27-16(20)21/h6-7,9-10,16H,5,8,11-13H2,1-4H3,(H,24,26)(H2,22,23,25). The molecule has 0 spiro atoms. The summed E-state index contributed by atoms with van der Waals surface area (Å²) in [7, 11) is 0. The van der Waals surface area contributed by atoms with Gasteiger partial charge in [0.05, 0.1) is 6.54 Å². The SMILES string of the molecule is CCNC(=NCc1ccccc1OC(F)F)NCCCNC(=O)OC(C)(C)C. The molecule has 0 aliphatic rings. The lowest BCUT2D eigenvalue weighted by Gasteiger charge is -2.19. The summed E-state index contributed by atoms with van der Waals surface area (Å²) in [6, 6.07) is 6.55. The summed E-state index contributed by atoms with van der Waals surface area (Å²) in [5.41, 5.74) is 0.0314. The molecule has 0 atom stereocenters. The van der Waals surface area contributed by atoms with E-state index in [0.717, 1.165) is 0 Å². The van der Waals surface area contributed by atoms with Gasteiger partial charge in [0, 0.05) is 25.2 Å². The number of rotatable bonds is 9. The maximum atomic E-state index is 12.5. The number of carbonyl (C=O) groups is 1. The molecule has 9 heteroatoms. The van der Waals surface area contributed by atoms with Crippen molar-refractivity contribution < 1.29 is 23.0 Å². The first-order valence-corrected chi connectivity index (χ1v) is 9.23. The smallest absolute Gasteiger partial charge is 0.407 e. The Morgan fingerprint density at radius 2 is 1.82 bits per heavy atom. The van der Waals surface area contributed by atoms with Crippen LogP contribution in [0.3, 0.4) is 0 Å². The van der Waals surface area contributed by atoms with Crippen LogP contribution in [0, 0.1) is 0 Å². The number of alkyl carbamates (subject to hydrolysis) is 1. The largest absolute Gasteiger partial charge is 0.444 e. The highest BCUT2D eigenvalue weighted by Gasteiger charge is 2.15. The minimum atomic E-state index is -2.88. The van der Waals surface area contributed by atoms with Crippen LogP contribution in [0.1, 0.15) is 39.7 Å². The maximum Gasteiger partial charge on any atom is 0.407 e. The Kier molecular flexibility index (Phi) is 10.0. The van der Waals surface area contributed by atoms with E-state index in [0.29, 0.717) is 37.6 Å². The zero-order chi connectivity index (χ0) is 21.0. The molecule has 158 valence electrons. The molecule has 3 N–H and O–H groups in total. The third-order valence-corrected chi connectivity index (χ3v) is 3.25. The van der Waals surface area contributed by atoms with E-state index in [1.807, 2.05) is 6.92 Å². The van der Waals surface area contributed by atoms with E-state index in [-0.39, 0.29) is 12.3 Å². The van der Waals surface area contributed by atoms with E-state index >= 15 is 0 Å². The number of carbonyl (C=O) groups excluding carboxylic acids is 1. The van der Waals surface area contributed by atoms with Crippen LogP contribution in [0.5, 0.6) is 5.75 Å². The monoisotopic (exact) mass is 400 g/mol. The average Bonchev–Trinajstić information content (AvgIpc) is 2.58. The van der Waals surface area contributed by atoms with E-state index < -0.39 is 18.3 Å². The number of alkyl halides is 2. The molecule has 0 bridgehead atoms. The molecule has 0 unspecified atom stereocenters. The molecule has 0 heterocycles. The Morgan fingerprint density at radius 1 is 1.14 bits per heavy atom. The quantitative estimate of drug-likeness (QED) is 0.337. The lowest BCUT2D eigenvalue weighted by Crippen LogP contribution is -2.39. The van der Waals surface area contributed by atoms with Crippen LogP contribution in [0.2, 0.25) is 0 Å². The van der Waals surface area contributed by atoms with Crippen molar-refractivity contribution in [3.8, 4) is 5.75 Å². The van der Waals surface area contributed by atoms with Crippen LogP contribution in [0.4, 0.5) is 13.6 Å². The van der Waals surface area contributed by atoms with E-state index in [9.17, 15) is 13.6 Å². The number of halogens is 2. The van der Waals surface area contributed by atoms with Gasteiger partial charge in [-0.15, -0.1) is 0 Å². The van der Waals surface area contributed by atoms with Crippen molar-refractivity contribution in [1.29, 1.82) is 0 Å². The fourth-order valence-electron chi connectivity index (χ4n) is 2.15. The van der Waals surface area contributed by atoms with Crippen LogP contribution in [0.25, 0.3) is 0 Å². The summed E-state index contributed by atoms with van der Waals surface area (Å²) in [4.78, 5) is 16.0. The van der Waals surface area contributed by atoms with E-state index in [1.165, 1.54) is 6.07 Å². The van der Waals surface area contributed by atoms with Crippen molar-refractivity contribution >= 4 is 12.1 Å². The number of hydrogen-bond donors (Lipinski definition) is 3. The molecule has 0 aliphatic heterocycles. The molecule has 0 aromatic heterocycles. The van der Waals surface area contributed by atoms with E-state index in [2.05, 4.69) is 25.7 Å². The first-order valence-electron chi connectivity index (χ1n) is 9.23. The topological polar surface area (TPSA) is 84.0 Å². The fraction of sp³-hybridized carbons (Fsp3) is 0.579. The molecule has 1 aromatic rings. The molecule has 1 aromatic carbocycles. The minimum absolute atomic E-state index is 0.110. The van der Waals surface area contributed by atoms with Crippen LogP contribution in [-0.4, -0.2) is 43.9 Å². The Hall–Kier alpha value is -2.58. The predicted octanol–water partition coefficient (Wildman–Crippen LogP) is 3.26. The van der Waals surface area contributed by atoms with Crippen molar-refractivity contribution in [3.63, 3.8) is 0 Å². The van der Waals surface area contributed by atoms with Crippen LogP contribution in [-0.2, 0) is 11.3 Å². The molecule has 1 rings (SSSR count). The number of ether oxygens (including phenoxy) is 2. The summed E-state index contributed by atoms with van der Waals surface area (Å²) in [5.74, 6) is 0.658. The lowest BCUT2D eigenvalue weighted by atomic mass is 10.2. The fourth-order valence-corrected chi connectivity index (χ4v) is 2.15. The van der Waals surface area contributed by atoms with Gasteiger partial charge in [-0.3, -0.25) is 0 Å². The zero-order valence-electron chi connectivity index (χ0n) is 16.9. The molecule has 7 nitrogen and oxygen atoms in total. The highest BCUT2D eigenvalue weighted by molar-refractivity contribution is 5.79. The van der Waals surface area contributed by atoms with Gasteiger partial charge in [-0.1, -0.05) is 18.2 Å². The molecular formula is C19H30F2N4O3. The van der Waals surface area contributed by atoms with Crippen molar-refractivity contribution in [2.24, 2.45) is 4.99 Å². The number of amides is 1. The third-order valence-electron chi connectivity index (χ3n) is 3.25. The first-order chi connectivity index (χ1) is 13.2. The van der Waals surface area contributed by atoms with Crippen molar-refractivity contribution in [1.82, 2.24) is 16.0 Å². The van der Waals surface area contributed by atoms with Gasteiger partial charge in [-0.2, -0.15) is 8.78 Å². The number of nitrogens with zero attached hydrogens (tertiary/aromatic N) is 1. The minimum Gasteiger partial charge on any atom is -0.444 e. The van der Waals surface area contributed by atoms with E-state index in [1.54, 1.807) is 39.0 Å². The van der Waals surface area contributed by atoms with Gasteiger partial charge in [0.25, 0.3) is 0 Å². The molecular weight excluding hydrogens is 370 g/mol. The Bertz CT molecular complexity index is 634. The Morgan fingerprint density at radius 3 is 2.46 bits per heavy atom. The third kappa shape index (κ3) is 10.5. The second kappa shape index (κ2) is 12.0. The van der Waals surface area contributed by atoms with Crippen molar-refractivity contribution in [2.45, 2.75) is 52.9 Å². The summed E-state index contributed by atoms with van der Waals surface area (Å²) in [5, 5.41) is 8.89. The highest BCUT2D eigenvalue weighted by atomic mass is 19.3. The summed E-state index contributed by atoms with van der Waals surface area (Å²) in [6.45, 7) is 6.31. The lowest BCUT2D eigenvalue weighted by molar-refractivity contribution is -0.0504. The van der Waals surface area contributed by atoms with E-state index in [4.69, 9.17) is 4.74 Å². The highest BCUT2D eigenvalue weighted by Crippen LogP contribution is 2.20. The second-order valence-corrected chi connectivity index (χ2v) is 6.89.